The molecule has 0 aromatic carbocycles. The Morgan fingerprint density at radius 2 is 2.00 bits per heavy atom. The van der Waals surface area contributed by atoms with Crippen LogP contribution in [0.2, 0.25) is 0 Å². The molecule has 18 heavy (non-hydrogen) atoms. The predicted molar refractivity (Wildman–Crippen MR) is 68.5 cm³/mol. The van der Waals surface area contributed by atoms with Gasteiger partial charge in [0.15, 0.2) is 9.84 Å². The van der Waals surface area contributed by atoms with Gasteiger partial charge in [0.25, 0.3) is 0 Å². The topological polar surface area (TPSA) is 84.2 Å². The van der Waals surface area contributed by atoms with Crippen LogP contribution in [0.25, 0.3) is 0 Å². The number of nitriles is 1. The summed E-state index contributed by atoms with van der Waals surface area (Å²) in [6.07, 6.45) is 0.951. The minimum atomic E-state index is -3.28. The summed E-state index contributed by atoms with van der Waals surface area (Å²) in [6, 6.07) is 2.13. The number of hydrogen-bond donors (Lipinski definition) is 0. The minimum absolute atomic E-state index is 0.000551. The van der Waals surface area contributed by atoms with E-state index >= 15 is 0 Å². The predicted octanol–water partition coefficient (Wildman–Crippen LogP) is 1.54. The van der Waals surface area contributed by atoms with Crippen LogP contribution in [0.1, 0.15) is 33.6 Å². The van der Waals surface area contributed by atoms with E-state index in [-0.39, 0.29) is 11.5 Å². The molecule has 0 N–H and O–H groups in total. The number of ether oxygens (including phenoxy) is 1. The minimum Gasteiger partial charge on any atom is -0.469 e. The Morgan fingerprint density at radius 3 is 2.44 bits per heavy atom. The molecular weight excluding hydrogens is 254 g/mol. The first-order valence-electron chi connectivity index (χ1n) is 5.83. The number of hydrogen-bond acceptors (Lipinski definition) is 5. The van der Waals surface area contributed by atoms with E-state index < -0.39 is 27.1 Å². The molecule has 0 saturated carbocycles. The van der Waals surface area contributed by atoms with E-state index in [1.807, 2.05) is 0 Å². The van der Waals surface area contributed by atoms with Crippen LogP contribution in [0, 0.1) is 22.7 Å². The third-order valence-corrected chi connectivity index (χ3v) is 4.59. The van der Waals surface area contributed by atoms with Crippen LogP contribution in [0.4, 0.5) is 0 Å². The Kier molecular flexibility index (Phi) is 6.33. The van der Waals surface area contributed by atoms with Gasteiger partial charge < -0.3 is 4.74 Å². The first-order valence-corrected chi connectivity index (χ1v) is 7.65. The van der Waals surface area contributed by atoms with Gasteiger partial charge in [0.1, 0.15) is 0 Å². The van der Waals surface area contributed by atoms with Gasteiger partial charge >= 0.3 is 5.97 Å². The Labute approximate surface area is 109 Å². The molecule has 6 heteroatoms. The Bertz CT molecular complexity index is 420. The summed E-state index contributed by atoms with van der Waals surface area (Å²) in [6.45, 7) is 5.08. The van der Waals surface area contributed by atoms with Crippen LogP contribution in [0.5, 0.6) is 0 Å². The van der Waals surface area contributed by atoms with Gasteiger partial charge in [-0.1, -0.05) is 6.92 Å². The third-order valence-electron chi connectivity index (χ3n) is 2.67. The number of methoxy groups -OCH3 is 1. The molecule has 1 atom stereocenters. The Balaban J connectivity index is 4.27. The van der Waals surface area contributed by atoms with Crippen LogP contribution < -0.4 is 0 Å². The number of carbonyl (C=O) groups excluding carboxylic acids is 1. The second-order valence-corrected chi connectivity index (χ2v) is 7.37. The zero-order valence-electron chi connectivity index (χ0n) is 11.4. The summed E-state index contributed by atoms with van der Waals surface area (Å²) < 4.78 is 28.0. The van der Waals surface area contributed by atoms with E-state index in [0.29, 0.717) is 12.8 Å². The first-order chi connectivity index (χ1) is 8.13. The molecule has 0 saturated heterocycles. The normalized spacial score (nSPS) is 13.7. The summed E-state index contributed by atoms with van der Waals surface area (Å²) in [5.41, 5.74) is -0.510. The number of rotatable bonds is 7. The largest absolute Gasteiger partial charge is 0.469 e. The van der Waals surface area contributed by atoms with Gasteiger partial charge in [0, 0.05) is 0 Å². The van der Waals surface area contributed by atoms with E-state index in [4.69, 9.17) is 5.26 Å². The molecule has 0 radical (unpaired) electrons. The maximum atomic E-state index is 11.7. The van der Waals surface area contributed by atoms with E-state index in [9.17, 15) is 13.2 Å². The van der Waals surface area contributed by atoms with Crippen molar-refractivity contribution in [1.82, 2.24) is 0 Å². The van der Waals surface area contributed by atoms with Crippen LogP contribution in [-0.4, -0.2) is 33.0 Å². The van der Waals surface area contributed by atoms with Gasteiger partial charge in [-0.05, 0) is 26.7 Å². The van der Waals surface area contributed by atoms with Crippen molar-refractivity contribution in [3.8, 4) is 6.07 Å². The molecule has 0 fully saturated rings. The van der Waals surface area contributed by atoms with Crippen LogP contribution in [-0.2, 0) is 19.4 Å². The number of nitrogens with zero attached hydrogens (tertiary/aromatic N) is 1. The molecule has 0 heterocycles. The number of carbonyl (C=O) groups is 1. The molecule has 0 aliphatic carbocycles. The van der Waals surface area contributed by atoms with Crippen molar-refractivity contribution in [3.63, 3.8) is 0 Å². The van der Waals surface area contributed by atoms with Gasteiger partial charge in [0.05, 0.1) is 36.0 Å². The van der Waals surface area contributed by atoms with Crippen LogP contribution >= 0.6 is 0 Å². The molecule has 0 bridgehead atoms. The molecule has 0 aliphatic heterocycles. The highest BCUT2D eigenvalue weighted by Gasteiger charge is 2.23. The standard InChI is InChI=1S/C12H21NO4S/c1-10(11(14)17-4)8-18(15,16)7-5-6-12(2,3)9-13/h10H,5-8H2,1-4H3. The van der Waals surface area contributed by atoms with E-state index in [1.165, 1.54) is 14.0 Å². The molecule has 0 aliphatic rings. The van der Waals surface area contributed by atoms with Crippen molar-refractivity contribution in [1.29, 1.82) is 5.26 Å². The van der Waals surface area contributed by atoms with E-state index in [1.54, 1.807) is 13.8 Å². The van der Waals surface area contributed by atoms with Crippen LogP contribution in [0.15, 0.2) is 0 Å². The second kappa shape index (κ2) is 6.74. The molecule has 0 aromatic heterocycles. The smallest absolute Gasteiger partial charge is 0.309 e. The molecule has 0 amide bonds. The fraction of sp³-hybridized carbons (Fsp3) is 0.833. The van der Waals surface area contributed by atoms with Crippen LogP contribution in [0.3, 0.4) is 0 Å². The summed E-state index contributed by atoms with van der Waals surface area (Å²) in [4.78, 5) is 11.1. The zero-order chi connectivity index (χ0) is 14.4. The van der Waals surface area contributed by atoms with Crippen molar-refractivity contribution in [2.75, 3.05) is 18.6 Å². The summed E-state index contributed by atoms with van der Waals surface area (Å²) in [5.74, 6) is -1.37. The maximum Gasteiger partial charge on any atom is 0.309 e. The van der Waals surface area contributed by atoms with Gasteiger partial charge in [-0.3, -0.25) is 4.79 Å². The van der Waals surface area contributed by atoms with Crippen molar-refractivity contribution in [2.45, 2.75) is 33.6 Å². The number of esters is 1. The zero-order valence-corrected chi connectivity index (χ0v) is 12.2. The van der Waals surface area contributed by atoms with E-state index in [0.717, 1.165) is 0 Å². The Hall–Kier alpha value is -1.09. The highest BCUT2D eigenvalue weighted by Crippen LogP contribution is 2.21. The van der Waals surface area contributed by atoms with Crippen molar-refractivity contribution < 1.29 is 17.9 Å². The number of sulfone groups is 1. The van der Waals surface area contributed by atoms with Crippen molar-refractivity contribution in [3.05, 3.63) is 0 Å². The summed E-state index contributed by atoms with van der Waals surface area (Å²) >= 11 is 0. The van der Waals surface area contributed by atoms with E-state index in [2.05, 4.69) is 10.8 Å². The molecule has 0 rings (SSSR count). The molecule has 104 valence electrons. The third kappa shape index (κ3) is 6.60. The quantitative estimate of drug-likeness (QED) is 0.658. The van der Waals surface area contributed by atoms with Gasteiger partial charge in [-0.15, -0.1) is 0 Å². The lowest BCUT2D eigenvalue weighted by Crippen LogP contribution is -2.24. The first kappa shape index (κ1) is 16.9. The fourth-order valence-corrected chi connectivity index (χ4v) is 3.17. The maximum absolute atomic E-state index is 11.7. The monoisotopic (exact) mass is 275 g/mol. The fourth-order valence-electron chi connectivity index (χ4n) is 1.52. The average molecular weight is 275 g/mol. The van der Waals surface area contributed by atoms with Gasteiger partial charge in [-0.2, -0.15) is 5.26 Å². The summed E-state index contributed by atoms with van der Waals surface area (Å²) in [7, 11) is -2.04. The van der Waals surface area contributed by atoms with Crippen molar-refractivity contribution >= 4 is 15.8 Å². The molecular formula is C12H21NO4S. The average Bonchev–Trinajstić information content (AvgIpc) is 2.26. The molecule has 0 aromatic rings. The Morgan fingerprint density at radius 1 is 1.44 bits per heavy atom. The highest BCUT2D eigenvalue weighted by molar-refractivity contribution is 7.91. The second-order valence-electron chi connectivity index (χ2n) is 5.14. The molecule has 0 spiro atoms. The lowest BCUT2D eigenvalue weighted by atomic mass is 9.90. The lowest BCUT2D eigenvalue weighted by Gasteiger charge is -2.15. The lowest BCUT2D eigenvalue weighted by molar-refractivity contribution is -0.144. The SMILES string of the molecule is COC(=O)C(C)CS(=O)(=O)CCCC(C)(C)C#N. The highest BCUT2D eigenvalue weighted by atomic mass is 32.2. The van der Waals surface area contributed by atoms with Gasteiger partial charge in [0.2, 0.25) is 0 Å². The molecule has 5 nitrogen and oxygen atoms in total. The molecule has 1 unspecified atom stereocenters. The van der Waals surface area contributed by atoms with Gasteiger partial charge in [-0.25, -0.2) is 8.42 Å². The van der Waals surface area contributed by atoms with Crippen molar-refractivity contribution in [2.24, 2.45) is 11.3 Å². The summed E-state index contributed by atoms with van der Waals surface area (Å²) in [5, 5.41) is 8.81.